The van der Waals surface area contributed by atoms with Crippen molar-refractivity contribution in [3.05, 3.63) is 0 Å². The van der Waals surface area contributed by atoms with Crippen LogP contribution in [0.1, 0.15) is 51.9 Å². The Morgan fingerprint density at radius 3 is 2.50 bits per heavy atom. The predicted molar refractivity (Wildman–Crippen MR) is 68.3 cm³/mol. The third-order valence-corrected chi connectivity index (χ3v) is 3.57. The van der Waals surface area contributed by atoms with Crippen LogP contribution in [0.3, 0.4) is 0 Å². The van der Waals surface area contributed by atoms with E-state index in [4.69, 9.17) is 10.6 Å². The van der Waals surface area contributed by atoms with Gasteiger partial charge in [0.25, 0.3) is 0 Å². The molecule has 0 unspecified atom stereocenters. The number of unbranched alkanes of at least 4 members (excludes halogenated alkanes) is 1. The second-order valence-corrected chi connectivity index (χ2v) is 5.08. The van der Waals surface area contributed by atoms with Gasteiger partial charge in [-0.2, -0.15) is 0 Å². The number of rotatable bonds is 7. The highest BCUT2D eigenvalue weighted by atomic mass is 16.7. The van der Waals surface area contributed by atoms with Crippen LogP contribution in [0.2, 0.25) is 0 Å². The summed E-state index contributed by atoms with van der Waals surface area (Å²) in [4.78, 5) is 26.9. The zero-order valence-corrected chi connectivity index (χ0v) is 11.1. The minimum atomic E-state index is -0.585. The predicted octanol–water partition coefficient (Wildman–Crippen LogP) is 1.52. The van der Waals surface area contributed by atoms with Gasteiger partial charge in [-0.25, -0.2) is 5.48 Å². The van der Waals surface area contributed by atoms with Crippen molar-refractivity contribution in [3.63, 3.8) is 0 Å². The van der Waals surface area contributed by atoms with Crippen LogP contribution < -0.4 is 11.2 Å². The normalized spacial score (nSPS) is 23.6. The molecule has 0 aromatic rings. The largest absolute Gasteiger partial charge is 0.368 e. The second kappa shape index (κ2) is 8.08. The molecule has 18 heavy (non-hydrogen) atoms. The molecule has 2 amide bonds. The number of hydrogen-bond donors (Lipinski definition) is 2. The van der Waals surface area contributed by atoms with E-state index < -0.39 is 5.91 Å². The number of carbonyl (C=O) groups is 2. The Kier molecular flexibility index (Phi) is 6.72. The lowest BCUT2D eigenvalue weighted by atomic mass is 9.79. The number of amides is 2. The molecule has 3 N–H and O–H groups in total. The molecular weight excluding hydrogens is 232 g/mol. The molecule has 0 radical (unpaired) electrons. The number of nitrogens with two attached hydrogens (primary N) is 1. The van der Waals surface area contributed by atoms with Gasteiger partial charge in [-0.3, -0.25) is 14.4 Å². The number of carbonyl (C=O) groups excluding carboxylic acids is 2. The van der Waals surface area contributed by atoms with Crippen LogP contribution in [0.25, 0.3) is 0 Å². The fourth-order valence-electron chi connectivity index (χ4n) is 2.47. The molecule has 0 atom stereocenters. The summed E-state index contributed by atoms with van der Waals surface area (Å²) in [5.74, 6) is 0.0973. The van der Waals surface area contributed by atoms with Gasteiger partial charge in [-0.15, -0.1) is 0 Å². The van der Waals surface area contributed by atoms with Gasteiger partial charge < -0.3 is 5.73 Å². The lowest BCUT2D eigenvalue weighted by Crippen LogP contribution is -2.35. The third kappa shape index (κ3) is 5.49. The Balaban J connectivity index is 2.17. The van der Waals surface area contributed by atoms with Crippen LogP contribution in [-0.4, -0.2) is 18.4 Å². The van der Waals surface area contributed by atoms with Crippen LogP contribution >= 0.6 is 0 Å². The maximum absolute atomic E-state index is 11.7. The number of primary amides is 1. The third-order valence-electron chi connectivity index (χ3n) is 3.57. The summed E-state index contributed by atoms with van der Waals surface area (Å²) in [7, 11) is 0. The number of hydrogen-bond acceptors (Lipinski definition) is 3. The van der Waals surface area contributed by atoms with Crippen LogP contribution in [0.15, 0.2) is 0 Å². The highest BCUT2D eigenvalue weighted by Gasteiger charge is 2.26. The fourth-order valence-corrected chi connectivity index (χ4v) is 2.47. The molecule has 5 nitrogen and oxygen atoms in total. The Hall–Kier alpha value is -1.10. The summed E-state index contributed by atoms with van der Waals surface area (Å²) >= 11 is 0. The average Bonchev–Trinajstić information content (AvgIpc) is 2.36. The smallest absolute Gasteiger partial charge is 0.246 e. The molecule has 0 saturated heterocycles. The molecular formula is C13H24N2O3. The minimum absolute atomic E-state index is 0.0238. The standard InChI is InChI=1S/C13H24N2O3/c1-2-3-4-10-5-7-11(8-6-10)13(17)15-18-9-12(14)16/h10-11H,2-9H2,1H3,(H2,14,16)(H,15,17). The van der Waals surface area contributed by atoms with E-state index in [9.17, 15) is 9.59 Å². The van der Waals surface area contributed by atoms with E-state index >= 15 is 0 Å². The Morgan fingerprint density at radius 2 is 1.94 bits per heavy atom. The molecule has 1 rings (SSSR count). The first-order chi connectivity index (χ1) is 8.63. The molecule has 1 fully saturated rings. The van der Waals surface area contributed by atoms with Gasteiger partial charge in [0.1, 0.15) is 0 Å². The summed E-state index contributed by atoms with van der Waals surface area (Å²) in [6.07, 6.45) is 7.87. The van der Waals surface area contributed by atoms with Crippen molar-refractivity contribution in [3.8, 4) is 0 Å². The van der Waals surface area contributed by atoms with Crippen molar-refractivity contribution in [2.45, 2.75) is 51.9 Å². The van der Waals surface area contributed by atoms with Crippen molar-refractivity contribution >= 4 is 11.8 Å². The van der Waals surface area contributed by atoms with E-state index in [1.807, 2.05) is 0 Å². The second-order valence-electron chi connectivity index (χ2n) is 5.08. The van der Waals surface area contributed by atoms with Crippen molar-refractivity contribution < 1.29 is 14.4 Å². The maximum atomic E-state index is 11.7. The van der Waals surface area contributed by atoms with Gasteiger partial charge in [-0.05, 0) is 31.6 Å². The van der Waals surface area contributed by atoms with E-state index in [2.05, 4.69) is 12.4 Å². The molecule has 104 valence electrons. The first-order valence-electron chi connectivity index (χ1n) is 6.83. The van der Waals surface area contributed by atoms with Crippen molar-refractivity contribution in [2.24, 2.45) is 17.6 Å². The number of nitrogens with one attached hydrogen (secondary N) is 1. The van der Waals surface area contributed by atoms with E-state index in [0.717, 1.165) is 31.6 Å². The first-order valence-corrected chi connectivity index (χ1v) is 6.83. The molecule has 1 aliphatic rings. The lowest BCUT2D eigenvalue weighted by Gasteiger charge is -2.27. The van der Waals surface area contributed by atoms with Gasteiger partial charge in [0, 0.05) is 5.92 Å². The summed E-state index contributed by atoms with van der Waals surface area (Å²) in [5.41, 5.74) is 7.21. The quantitative estimate of drug-likeness (QED) is 0.677. The van der Waals surface area contributed by atoms with Crippen LogP contribution in [0, 0.1) is 11.8 Å². The Bertz CT molecular complexity index is 273. The molecule has 0 bridgehead atoms. The molecule has 0 aliphatic heterocycles. The highest BCUT2D eigenvalue weighted by molar-refractivity contribution is 5.78. The van der Waals surface area contributed by atoms with Crippen LogP contribution in [0.5, 0.6) is 0 Å². The summed E-state index contributed by atoms with van der Waals surface area (Å²) in [6.45, 7) is 1.94. The van der Waals surface area contributed by atoms with Gasteiger partial charge in [-0.1, -0.05) is 26.2 Å². The van der Waals surface area contributed by atoms with Crippen LogP contribution in [0.4, 0.5) is 0 Å². The van der Waals surface area contributed by atoms with E-state index in [-0.39, 0.29) is 18.4 Å². The highest BCUT2D eigenvalue weighted by Crippen LogP contribution is 2.31. The Morgan fingerprint density at radius 1 is 1.28 bits per heavy atom. The lowest BCUT2D eigenvalue weighted by molar-refractivity contribution is -0.142. The van der Waals surface area contributed by atoms with Crippen molar-refractivity contribution in [1.82, 2.24) is 5.48 Å². The van der Waals surface area contributed by atoms with E-state index in [1.54, 1.807) is 0 Å². The monoisotopic (exact) mass is 256 g/mol. The zero-order valence-electron chi connectivity index (χ0n) is 11.1. The van der Waals surface area contributed by atoms with Gasteiger partial charge in [0.15, 0.2) is 6.61 Å². The van der Waals surface area contributed by atoms with E-state index in [0.29, 0.717) is 0 Å². The molecule has 5 heteroatoms. The zero-order chi connectivity index (χ0) is 13.4. The SMILES string of the molecule is CCCCC1CCC(C(=O)NOCC(N)=O)CC1. The average molecular weight is 256 g/mol. The molecule has 0 spiro atoms. The van der Waals surface area contributed by atoms with Crippen LogP contribution in [-0.2, 0) is 14.4 Å². The molecule has 1 saturated carbocycles. The van der Waals surface area contributed by atoms with Gasteiger partial charge in [0.05, 0.1) is 0 Å². The molecule has 0 aromatic carbocycles. The van der Waals surface area contributed by atoms with Crippen molar-refractivity contribution in [1.29, 1.82) is 0 Å². The Labute approximate surface area is 108 Å². The molecule has 1 aliphatic carbocycles. The molecule has 0 heterocycles. The fraction of sp³-hybridized carbons (Fsp3) is 0.846. The van der Waals surface area contributed by atoms with Gasteiger partial charge in [0.2, 0.25) is 11.8 Å². The minimum Gasteiger partial charge on any atom is -0.368 e. The topological polar surface area (TPSA) is 81.4 Å². The van der Waals surface area contributed by atoms with E-state index in [1.165, 1.54) is 19.3 Å². The summed E-state index contributed by atoms with van der Waals surface area (Å²) in [5, 5.41) is 0. The summed E-state index contributed by atoms with van der Waals surface area (Å²) in [6, 6.07) is 0. The summed E-state index contributed by atoms with van der Waals surface area (Å²) < 4.78 is 0. The molecule has 0 aromatic heterocycles. The maximum Gasteiger partial charge on any atom is 0.246 e. The first kappa shape index (κ1) is 15.0. The number of hydroxylamine groups is 1. The van der Waals surface area contributed by atoms with Crippen molar-refractivity contribution in [2.75, 3.05) is 6.61 Å². The van der Waals surface area contributed by atoms with Gasteiger partial charge >= 0.3 is 0 Å².